The van der Waals surface area contributed by atoms with E-state index in [-0.39, 0.29) is 30.1 Å². The molecule has 3 aliphatic rings. The summed E-state index contributed by atoms with van der Waals surface area (Å²) in [6.45, 7) is 4.93. The number of halogens is 3. The first-order valence-corrected chi connectivity index (χ1v) is 14.4. The molecule has 0 bridgehead atoms. The molecule has 3 aliphatic heterocycles. The minimum absolute atomic E-state index is 0.0460. The molecule has 1 amide bonds. The van der Waals surface area contributed by atoms with Crippen molar-refractivity contribution < 1.29 is 23.0 Å². The molecule has 10 nitrogen and oxygen atoms in total. The van der Waals surface area contributed by atoms with Gasteiger partial charge in [-0.25, -0.2) is 0 Å². The fourth-order valence-corrected chi connectivity index (χ4v) is 6.08. The lowest BCUT2D eigenvalue weighted by Gasteiger charge is -2.41. The normalized spacial score (nSPS) is 21.0. The van der Waals surface area contributed by atoms with Gasteiger partial charge in [-0.3, -0.25) is 9.69 Å². The van der Waals surface area contributed by atoms with Gasteiger partial charge in [-0.1, -0.05) is 18.2 Å². The number of amides is 1. The molecule has 2 fully saturated rings. The number of benzene rings is 1. The SMILES string of the molecule is C=CC(=O)N1CCN(c2nc(OC[C@@H]3CCCN3C)nc3c2CN(Cc2cc(OC(F)F)ccc2Cl)C3)C[C@@H]1CC#N. The van der Waals surface area contributed by atoms with Crippen LogP contribution >= 0.6 is 11.6 Å². The molecule has 1 aromatic heterocycles. The van der Waals surface area contributed by atoms with Gasteiger partial charge in [0.15, 0.2) is 0 Å². The molecule has 0 N–H and O–H groups in total. The summed E-state index contributed by atoms with van der Waals surface area (Å²) in [5.74, 6) is 0.560. The largest absolute Gasteiger partial charge is 0.462 e. The standard InChI is InChI=1S/C29H34ClF2N7O3/c1-3-26(40)39-12-11-38(15-20(39)8-9-33)27-23-16-37(14-19-13-22(42-28(31)32)6-7-24(19)30)17-25(23)34-29(35-27)41-18-21-5-4-10-36(21)2/h3,6-7,13,20-21,28H,1,4-5,8,10-12,14-18H2,2H3/t20-,21-/m0/s1. The molecule has 0 unspecified atom stereocenters. The number of hydrogen-bond acceptors (Lipinski definition) is 9. The van der Waals surface area contributed by atoms with Gasteiger partial charge in [-0.05, 0) is 56.3 Å². The van der Waals surface area contributed by atoms with Crippen LogP contribution in [-0.2, 0) is 24.4 Å². The second-order valence-corrected chi connectivity index (χ2v) is 11.2. The van der Waals surface area contributed by atoms with Gasteiger partial charge in [0.25, 0.3) is 0 Å². The molecule has 0 radical (unpaired) electrons. The molecule has 0 saturated carbocycles. The van der Waals surface area contributed by atoms with Gasteiger partial charge < -0.3 is 24.2 Å². The molecule has 13 heteroatoms. The number of likely N-dealkylation sites (tertiary alicyclic amines) is 1. The highest BCUT2D eigenvalue weighted by Gasteiger charge is 2.34. The predicted octanol–water partition coefficient (Wildman–Crippen LogP) is 3.84. The minimum Gasteiger partial charge on any atom is -0.462 e. The Hall–Kier alpha value is -3.53. The Morgan fingerprint density at radius 2 is 2.10 bits per heavy atom. The van der Waals surface area contributed by atoms with Crippen molar-refractivity contribution in [2.75, 3.05) is 44.7 Å². The van der Waals surface area contributed by atoms with E-state index in [4.69, 9.17) is 26.3 Å². The molecule has 5 rings (SSSR count). The van der Waals surface area contributed by atoms with E-state index >= 15 is 0 Å². The van der Waals surface area contributed by atoms with Crippen molar-refractivity contribution in [3.05, 3.63) is 52.7 Å². The van der Waals surface area contributed by atoms with E-state index in [2.05, 4.69) is 39.1 Å². The van der Waals surface area contributed by atoms with Crippen LogP contribution in [0, 0.1) is 11.3 Å². The van der Waals surface area contributed by atoms with E-state index in [0.717, 1.165) is 30.6 Å². The number of aromatic nitrogens is 2. The monoisotopic (exact) mass is 601 g/mol. The maximum Gasteiger partial charge on any atom is 0.387 e. The maximum atomic E-state index is 12.8. The molecule has 4 heterocycles. The van der Waals surface area contributed by atoms with Crippen molar-refractivity contribution in [2.24, 2.45) is 0 Å². The molecule has 1 aromatic carbocycles. The zero-order valence-electron chi connectivity index (χ0n) is 23.5. The summed E-state index contributed by atoms with van der Waals surface area (Å²) in [4.78, 5) is 30.2. The van der Waals surface area contributed by atoms with Gasteiger partial charge in [0.05, 0.1) is 24.2 Å². The highest BCUT2D eigenvalue weighted by atomic mass is 35.5. The Morgan fingerprint density at radius 1 is 1.26 bits per heavy atom. The van der Waals surface area contributed by atoms with E-state index in [1.807, 2.05) is 0 Å². The summed E-state index contributed by atoms with van der Waals surface area (Å²) in [5, 5.41) is 9.91. The molecule has 2 saturated heterocycles. The van der Waals surface area contributed by atoms with Gasteiger partial charge >= 0.3 is 12.6 Å². The van der Waals surface area contributed by atoms with Crippen molar-refractivity contribution in [3.63, 3.8) is 0 Å². The Labute approximate surface area is 249 Å². The Balaban J connectivity index is 1.40. The molecule has 42 heavy (non-hydrogen) atoms. The second-order valence-electron chi connectivity index (χ2n) is 10.8. The summed E-state index contributed by atoms with van der Waals surface area (Å²) in [5.41, 5.74) is 2.39. The summed E-state index contributed by atoms with van der Waals surface area (Å²) in [6.07, 6.45) is 3.63. The number of rotatable bonds is 10. The first-order valence-electron chi connectivity index (χ1n) is 14.0. The van der Waals surface area contributed by atoms with Gasteiger partial charge in [0.1, 0.15) is 18.2 Å². The number of ether oxygens (including phenoxy) is 2. The van der Waals surface area contributed by atoms with Gasteiger partial charge in [0, 0.05) is 55.9 Å². The quantitative estimate of drug-likeness (QED) is 0.376. The van der Waals surface area contributed by atoms with Crippen molar-refractivity contribution in [3.8, 4) is 17.8 Å². The molecule has 224 valence electrons. The molecular weight excluding hydrogens is 568 g/mol. The predicted molar refractivity (Wildman–Crippen MR) is 152 cm³/mol. The van der Waals surface area contributed by atoms with Crippen molar-refractivity contribution in [2.45, 2.75) is 57.6 Å². The zero-order valence-corrected chi connectivity index (χ0v) is 24.3. The van der Waals surface area contributed by atoms with Crippen LogP contribution in [0.3, 0.4) is 0 Å². The number of hydrogen-bond donors (Lipinski definition) is 0. The number of likely N-dealkylation sites (N-methyl/N-ethyl adjacent to an activating group) is 1. The highest BCUT2D eigenvalue weighted by molar-refractivity contribution is 6.31. The summed E-state index contributed by atoms with van der Waals surface area (Å²) >= 11 is 6.42. The summed E-state index contributed by atoms with van der Waals surface area (Å²) in [7, 11) is 2.08. The van der Waals surface area contributed by atoms with Gasteiger partial charge in [-0.15, -0.1) is 0 Å². The third-order valence-electron chi connectivity index (χ3n) is 8.09. The Kier molecular flexibility index (Phi) is 9.40. The van der Waals surface area contributed by atoms with Crippen molar-refractivity contribution >= 4 is 23.3 Å². The topological polar surface area (TPSA) is 98.1 Å². The lowest BCUT2D eigenvalue weighted by molar-refractivity contribution is -0.128. The average molecular weight is 602 g/mol. The van der Waals surface area contributed by atoms with Crippen LogP contribution in [0.1, 0.15) is 36.1 Å². The third kappa shape index (κ3) is 6.75. The van der Waals surface area contributed by atoms with E-state index < -0.39 is 6.61 Å². The number of carbonyl (C=O) groups excluding carboxylic acids is 1. The van der Waals surface area contributed by atoms with E-state index in [1.54, 1.807) is 11.0 Å². The van der Waals surface area contributed by atoms with Crippen LogP contribution in [0.25, 0.3) is 0 Å². The van der Waals surface area contributed by atoms with Gasteiger partial charge in [-0.2, -0.15) is 24.0 Å². The number of nitriles is 1. The lowest BCUT2D eigenvalue weighted by Crippen LogP contribution is -2.55. The number of alkyl halides is 2. The van der Waals surface area contributed by atoms with Crippen LogP contribution in [0.15, 0.2) is 30.9 Å². The zero-order chi connectivity index (χ0) is 29.8. The molecule has 2 atom stereocenters. The van der Waals surface area contributed by atoms with Crippen molar-refractivity contribution in [1.82, 2.24) is 24.7 Å². The Morgan fingerprint density at radius 3 is 2.81 bits per heavy atom. The van der Waals surface area contributed by atoms with Crippen LogP contribution in [0.4, 0.5) is 14.6 Å². The number of carbonyl (C=O) groups is 1. The van der Waals surface area contributed by atoms with Crippen LogP contribution in [-0.4, -0.2) is 89.1 Å². The van der Waals surface area contributed by atoms with Crippen LogP contribution in [0.5, 0.6) is 11.8 Å². The molecule has 0 aliphatic carbocycles. The fourth-order valence-electron chi connectivity index (χ4n) is 5.90. The van der Waals surface area contributed by atoms with E-state index in [9.17, 15) is 18.8 Å². The smallest absolute Gasteiger partial charge is 0.387 e. The number of fused-ring (bicyclic) bond motifs is 1. The summed E-state index contributed by atoms with van der Waals surface area (Å²) < 4.78 is 36.3. The lowest BCUT2D eigenvalue weighted by atomic mass is 10.1. The number of nitrogens with zero attached hydrogens (tertiary/aromatic N) is 7. The minimum atomic E-state index is -2.93. The number of piperazine rings is 1. The molecule has 2 aromatic rings. The van der Waals surface area contributed by atoms with Crippen LogP contribution in [0.2, 0.25) is 5.02 Å². The van der Waals surface area contributed by atoms with Crippen molar-refractivity contribution in [1.29, 1.82) is 5.26 Å². The maximum absolute atomic E-state index is 12.8. The number of anilines is 1. The third-order valence-corrected chi connectivity index (χ3v) is 8.45. The average Bonchev–Trinajstić information content (AvgIpc) is 3.57. The first kappa shape index (κ1) is 29.9. The molecular formula is C29H34ClF2N7O3. The Bertz CT molecular complexity index is 1360. The fraction of sp³-hybridized carbons (Fsp3) is 0.517. The second kappa shape index (κ2) is 13.2. The van der Waals surface area contributed by atoms with E-state index in [1.165, 1.54) is 18.2 Å². The van der Waals surface area contributed by atoms with Crippen LogP contribution < -0.4 is 14.4 Å². The highest BCUT2D eigenvalue weighted by Crippen LogP contribution is 2.35. The van der Waals surface area contributed by atoms with E-state index in [0.29, 0.717) is 68.3 Å². The first-order chi connectivity index (χ1) is 20.2. The molecule has 0 spiro atoms. The van der Waals surface area contributed by atoms with Gasteiger partial charge in [0.2, 0.25) is 5.91 Å². The summed E-state index contributed by atoms with van der Waals surface area (Å²) in [6, 6.07) is 6.96.